The number of hydrogen-bond acceptors (Lipinski definition) is 6. The SMILES string of the molecule is CC(C)Oc1ccc(CSc2nc3sc4c(c3c(=O)n2C2CCCCC2)C[C@@H](C(C)C)OC4)cc1. The predicted octanol–water partition coefficient (Wildman–Crippen LogP) is 7.14. The van der Waals surface area contributed by atoms with Gasteiger partial charge in [-0.3, -0.25) is 9.36 Å². The number of aromatic nitrogens is 2. The summed E-state index contributed by atoms with van der Waals surface area (Å²) in [7, 11) is 0. The minimum Gasteiger partial charge on any atom is -0.491 e. The number of ether oxygens (including phenoxy) is 2. The second kappa shape index (κ2) is 10.7. The Kier molecular flexibility index (Phi) is 7.56. The summed E-state index contributed by atoms with van der Waals surface area (Å²) >= 11 is 3.33. The Balaban J connectivity index is 1.49. The summed E-state index contributed by atoms with van der Waals surface area (Å²) in [5.41, 5.74) is 2.55. The van der Waals surface area contributed by atoms with Gasteiger partial charge in [-0.15, -0.1) is 11.3 Å². The maximum Gasteiger partial charge on any atom is 0.263 e. The maximum atomic E-state index is 14.1. The van der Waals surface area contributed by atoms with Gasteiger partial charge in [-0.2, -0.15) is 0 Å². The average molecular weight is 513 g/mol. The normalized spacial score (nSPS) is 19.0. The van der Waals surface area contributed by atoms with Crippen molar-refractivity contribution in [2.24, 2.45) is 5.92 Å². The van der Waals surface area contributed by atoms with Crippen molar-refractivity contribution >= 4 is 33.3 Å². The molecular formula is C28H36N2O3S2. The number of nitrogens with zero attached hydrogens (tertiary/aromatic N) is 2. The number of thioether (sulfide) groups is 1. The highest BCUT2D eigenvalue weighted by atomic mass is 32.2. The highest BCUT2D eigenvalue weighted by Gasteiger charge is 2.30. The number of fused-ring (bicyclic) bond motifs is 3. The summed E-state index contributed by atoms with van der Waals surface area (Å²) in [6.07, 6.45) is 6.89. The molecule has 2 aliphatic rings. The molecule has 0 unspecified atom stereocenters. The van der Waals surface area contributed by atoms with Crippen LogP contribution >= 0.6 is 23.1 Å². The van der Waals surface area contributed by atoms with Crippen molar-refractivity contribution in [2.45, 2.75) is 102 Å². The third-order valence-electron chi connectivity index (χ3n) is 7.09. The largest absolute Gasteiger partial charge is 0.491 e. The van der Waals surface area contributed by atoms with Crippen molar-refractivity contribution in [1.29, 1.82) is 0 Å². The molecule has 1 fully saturated rings. The average Bonchev–Trinajstić information content (AvgIpc) is 3.21. The van der Waals surface area contributed by atoms with Gasteiger partial charge in [-0.05, 0) is 55.9 Å². The quantitative estimate of drug-likeness (QED) is 0.249. The number of benzene rings is 1. The lowest BCUT2D eigenvalue weighted by molar-refractivity contribution is 0.00200. The van der Waals surface area contributed by atoms with Crippen LogP contribution in [0.2, 0.25) is 0 Å². The Bertz CT molecular complexity index is 1220. The lowest BCUT2D eigenvalue weighted by atomic mass is 9.94. The molecule has 7 heteroatoms. The van der Waals surface area contributed by atoms with Crippen LogP contribution in [0.25, 0.3) is 10.2 Å². The first-order chi connectivity index (χ1) is 16.9. The van der Waals surface area contributed by atoms with E-state index in [2.05, 4.69) is 30.5 Å². The molecule has 0 saturated heterocycles. The van der Waals surface area contributed by atoms with Gasteiger partial charge in [0.25, 0.3) is 5.56 Å². The molecule has 0 radical (unpaired) electrons. The van der Waals surface area contributed by atoms with E-state index in [0.29, 0.717) is 12.5 Å². The summed E-state index contributed by atoms with van der Waals surface area (Å²) in [4.78, 5) is 21.3. The van der Waals surface area contributed by atoms with Gasteiger partial charge < -0.3 is 9.47 Å². The molecule has 0 amide bonds. The Morgan fingerprint density at radius 1 is 1.14 bits per heavy atom. The second-order valence-electron chi connectivity index (χ2n) is 10.4. The van der Waals surface area contributed by atoms with E-state index in [0.717, 1.165) is 46.1 Å². The summed E-state index contributed by atoms with van der Waals surface area (Å²) in [6, 6.07) is 8.52. The molecule has 0 spiro atoms. The fraction of sp³-hybridized carbons (Fsp3) is 0.571. The first kappa shape index (κ1) is 24.8. The van der Waals surface area contributed by atoms with E-state index in [1.807, 2.05) is 26.0 Å². The molecule has 5 rings (SSSR count). The van der Waals surface area contributed by atoms with E-state index in [1.165, 1.54) is 35.3 Å². The summed E-state index contributed by atoms with van der Waals surface area (Å²) in [5, 5.41) is 1.71. The molecule has 1 saturated carbocycles. The minimum atomic E-state index is 0.159. The summed E-state index contributed by atoms with van der Waals surface area (Å²) in [6.45, 7) is 9.05. The molecule has 5 nitrogen and oxygen atoms in total. The Hall–Kier alpha value is -1.83. The summed E-state index contributed by atoms with van der Waals surface area (Å²) in [5.74, 6) is 2.09. The third-order valence-corrected chi connectivity index (χ3v) is 9.21. The lowest BCUT2D eigenvalue weighted by Crippen LogP contribution is -2.31. The van der Waals surface area contributed by atoms with E-state index in [1.54, 1.807) is 23.1 Å². The van der Waals surface area contributed by atoms with Crippen LogP contribution in [0.5, 0.6) is 5.75 Å². The van der Waals surface area contributed by atoms with Crippen LogP contribution in [0.15, 0.2) is 34.2 Å². The van der Waals surface area contributed by atoms with E-state index in [9.17, 15) is 4.79 Å². The van der Waals surface area contributed by atoms with Crippen LogP contribution in [0.4, 0.5) is 0 Å². The minimum absolute atomic E-state index is 0.159. The Morgan fingerprint density at radius 2 is 1.89 bits per heavy atom. The van der Waals surface area contributed by atoms with Crippen molar-refractivity contribution in [3.63, 3.8) is 0 Å². The van der Waals surface area contributed by atoms with Gasteiger partial charge in [-0.25, -0.2) is 4.98 Å². The van der Waals surface area contributed by atoms with E-state index in [4.69, 9.17) is 14.5 Å². The molecule has 1 atom stereocenters. The zero-order chi connectivity index (χ0) is 24.5. The highest BCUT2D eigenvalue weighted by molar-refractivity contribution is 7.98. The number of hydrogen-bond donors (Lipinski definition) is 0. The fourth-order valence-electron chi connectivity index (χ4n) is 5.20. The molecular weight excluding hydrogens is 476 g/mol. The van der Waals surface area contributed by atoms with Gasteiger partial charge >= 0.3 is 0 Å². The van der Waals surface area contributed by atoms with Crippen LogP contribution in [-0.2, 0) is 23.5 Å². The van der Waals surface area contributed by atoms with Crippen molar-refractivity contribution in [2.75, 3.05) is 0 Å². The smallest absolute Gasteiger partial charge is 0.263 e. The van der Waals surface area contributed by atoms with Crippen LogP contribution < -0.4 is 10.3 Å². The van der Waals surface area contributed by atoms with Crippen LogP contribution in [0.1, 0.15) is 81.8 Å². The highest BCUT2D eigenvalue weighted by Crippen LogP contribution is 2.38. The molecule has 1 aliphatic heterocycles. The molecule has 0 N–H and O–H groups in total. The van der Waals surface area contributed by atoms with E-state index in [-0.39, 0.29) is 23.8 Å². The Labute approximate surface area is 216 Å². The van der Waals surface area contributed by atoms with Crippen molar-refractivity contribution in [3.8, 4) is 5.75 Å². The van der Waals surface area contributed by atoms with E-state index >= 15 is 0 Å². The van der Waals surface area contributed by atoms with Gasteiger partial charge in [0.1, 0.15) is 10.6 Å². The molecule has 3 aromatic rings. The zero-order valence-corrected chi connectivity index (χ0v) is 22.8. The van der Waals surface area contributed by atoms with E-state index < -0.39 is 0 Å². The number of thiophene rings is 1. The molecule has 0 bridgehead atoms. The van der Waals surface area contributed by atoms with Gasteiger partial charge in [0.15, 0.2) is 5.16 Å². The Morgan fingerprint density at radius 3 is 2.57 bits per heavy atom. The molecule has 1 aliphatic carbocycles. The monoisotopic (exact) mass is 512 g/mol. The molecule has 2 aromatic heterocycles. The van der Waals surface area contributed by atoms with Crippen molar-refractivity contribution in [3.05, 3.63) is 50.6 Å². The van der Waals surface area contributed by atoms with Crippen molar-refractivity contribution < 1.29 is 9.47 Å². The number of rotatable bonds is 7. The first-order valence-electron chi connectivity index (χ1n) is 13.0. The van der Waals surface area contributed by atoms with Gasteiger partial charge in [-0.1, -0.05) is 57.0 Å². The summed E-state index contributed by atoms with van der Waals surface area (Å²) < 4.78 is 13.9. The van der Waals surface area contributed by atoms with Gasteiger partial charge in [0.05, 0.1) is 24.2 Å². The first-order valence-corrected chi connectivity index (χ1v) is 14.8. The van der Waals surface area contributed by atoms with Crippen LogP contribution in [-0.4, -0.2) is 21.8 Å². The zero-order valence-electron chi connectivity index (χ0n) is 21.2. The molecule has 188 valence electrons. The fourth-order valence-corrected chi connectivity index (χ4v) is 7.38. The topological polar surface area (TPSA) is 53.3 Å². The predicted molar refractivity (Wildman–Crippen MR) is 145 cm³/mol. The maximum absolute atomic E-state index is 14.1. The standard InChI is InChI=1S/C28H36N2O3S2/c1-17(2)23-14-22-24(15-32-23)35-26-25(22)27(31)30(20-8-6-5-7-9-20)28(29-26)34-16-19-10-12-21(13-11-19)33-18(3)4/h10-13,17-18,20,23H,5-9,14-16H2,1-4H3/t23-/m0/s1. The third kappa shape index (κ3) is 5.32. The second-order valence-corrected chi connectivity index (χ2v) is 12.5. The van der Waals surface area contributed by atoms with Gasteiger partial charge in [0.2, 0.25) is 0 Å². The molecule has 3 heterocycles. The molecule has 1 aromatic carbocycles. The van der Waals surface area contributed by atoms with Gasteiger partial charge in [0, 0.05) is 23.1 Å². The van der Waals surface area contributed by atoms with Crippen molar-refractivity contribution in [1.82, 2.24) is 9.55 Å². The van der Waals surface area contributed by atoms with Crippen LogP contribution in [0.3, 0.4) is 0 Å². The lowest BCUT2D eigenvalue weighted by Gasteiger charge is -2.27. The van der Waals surface area contributed by atoms with Crippen LogP contribution in [0, 0.1) is 5.92 Å². The molecule has 35 heavy (non-hydrogen) atoms.